The minimum Gasteiger partial charge on any atom is -0.444 e. The van der Waals surface area contributed by atoms with Crippen LogP contribution in [0.1, 0.15) is 48.0 Å². The molecule has 2 atom stereocenters. The standard InChI is InChI=1S/C17H31NO3Si/c1-10-13-11-14(21-22(8,9)17(5,6)7)12-18(13)15(19)20-16(2,3)4/h1,13-14H,11-12H2,2-9H3/t13-,14-/m0/s1. The lowest BCUT2D eigenvalue weighted by Gasteiger charge is -2.38. The van der Waals surface area contributed by atoms with E-state index < -0.39 is 13.9 Å². The summed E-state index contributed by atoms with van der Waals surface area (Å²) in [5.41, 5.74) is -0.519. The summed E-state index contributed by atoms with van der Waals surface area (Å²) in [7, 11) is -1.87. The lowest BCUT2D eigenvalue weighted by atomic mass is 10.2. The van der Waals surface area contributed by atoms with Crippen LogP contribution in [0.5, 0.6) is 0 Å². The van der Waals surface area contributed by atoms with E-state index in [0.717, 1.165) is 0 Å². The Bertz CT molecular complexity index is 454. The number of terminal acetylenes is 1. The van der Waals surface area contributed by atoms with Crippen molar-refractivity contribution in [3.63, 3.8) is 0 Å². The Hall–Kier alpha value is -0.993. The minimum absolute atomic E-state index is 0.00513. The van der Waals surface area contributed by atoms with Gasteiger partial charge in [-0.05, 0) is 38.9 Å². The van der Waals surface area contributed by atoms with Gasteiger partial charge in [0.25, 0.3) is 0 Å². The summed E-state index contributed by atoms with van der Waals surface area (Å²) < 4.78 is 11.8. The molecule has 1 heterocycles. The van der Waals surface area contributed by atoms with Gasteiger partial charge in [-0.2, -0.15) is 0 Å². The Morgan fingerprint density at radius 1 is 1.23 bits per heavy atom. The Morgan fingerprint density at radius 2 is 1.77 bits per heavy atom. The molecule has 1 rings (SSSR count). The van der Waals surface area contributed by atoms with E-state index in [-0.39, 0.29) is 23.3 Å². The predicted octanol–water partition coefficient (Wildman–Crippen LogP) is 4.02. The van der Waals surface area contributed by atoms with E-state index in [2.05, 4.69) is 39.8 Å². The number of ether oxygens (including phenoxy) is 1. The molecule has 0 N–H and O–H groups in total. The van der Waals surface area contributed by atoms with Crippen LogP contribution >= 0.6 is 0 Å². The zero-order valence-corrected chi connectivity index (χ0v) is 16.3. The van der Waals surface area contributed by atoms with Gasteiger partial charge in [0.2, 0.25) is 0 Å². The molecule has 22 heavy (non-hydrogen) atoms. The molecule has 4 nitrogen and oxygen atoms in total. The first-order valence-corrected chi connectivity index (χ1v) is 10.8. The largest absolute Gasteiger partial charge is 0.444 e. The molecular formula is C17H31NO3Si. The summed E-state index contributed by atoms with van der Waals surface area (Å²) in [5.74, 6) is 2.70. The maximum Gasteiger partial charge on any atom is 0.411 e. The number of carbonyl (C=O) groups excluding carboxylic acids is 1. The van der Waals surface area contributed by atoms with Crippen molar-refractivity contribution in [3.8, 4) is 12.3 Å². The van der Waals surface area contributed by atoms with E-state index in [1.807, 2.05) is 20.8 Å². The van der Waals surface area contributed by atoms with E-state index in [9.17, 15) is 4.79 Å². The third kappa shape index (κ3) is 4.75. The summed E-state index contributed by atoms with van der Waals surface area (Å²) in [6.07, 6.45) is 5.92. The molecule has 126 valence electrons. The Morgan fingerprint density at radius 3 is 2.18 bits per heavy atom. The first-order valence-electron chi connectivity index (χ1n) is 7.90. The first kappa shape index (κ1) is 19.1. The molecule has 0 saturated carbocycles. The third-order valence-electron chi connectivity index (χ3n) is 4.35. The van der Waals surface area contributed by atoms with E-state index in [1.165, 1.54) is 0 Å². The second-order valence-electron chi connectivity index (χ2n) is 8.55. The van der Waals surface area contributed by atoms with Crippen molar-refractivity contribution in [2.45, 2.75) is 83.8 Å². The number of hydrogen-bond acceptors (Lipinski definition) is 3. The average Bonchev–Trinajstić information content (AvgIpc) is 2.67. The maximum atomic E-state index is 12.3. The monoisotopic (exact) mass is 325 g/mol. The van der Waals surface area contributed by atoms with E-state index in [0.29, 0.717) is 13.0 Å². The van der Waals surface area contributed by atoms with Crippen molar-refractivity contribution in [3.05, 3.63) is 0 Å². The van der Waals surface area contributed by atoms with Gasteiger partial charge in [0.15, 0.2) is 8.32 Å². The highest BCUT2D eigenvalue weighted by molar-refractivity contribution is 6.74. The number of likely N-dealkylation sites (tertiary alicyclic amines) is 1. The summed E-state index contributed by atoms with van der Waals surface area (Å²) in [6.45, 7) is 17.1. The van der Waals surface area contributed by atoms with Crippen molar-refractivity contribution < 1.29 is 14.0 Å². The molecule has 0 aromatic carbocycles. The minimum atomic E-state index is -1.87. The van der Waals surface area contributed by atoms with Crippen LogP contribution in [-0.4, -0.2) is 43.6 Å². The van der Waals surface area contributed by atoms with Crippen molar-refractivity contribution in [1.82, 2.24) is 4.90 Å². The number of rotatable bonds is 2. The summed E-state index contributed by atoms with van der Waals surface area (Å²) in [4.78, 5) is 13.9. The van der Waals surface area contributed by atoms with Gasteiger partial charge in [-0.3, -0.25) is 4.90 Å². The molecule has 1 saturated heterocycles. The van der Waals surface area contributed by atoms with Crippen LogP contribution in [0.15, 0.2) is 0 Å². The predicted molar refractivity (Wildman–Crippen MR) is 92.2 cm³/mol. The van der Waals surface area contributed by atoms with E-state index >= 15 is 0 Å². The van der Waals surface area contributed by atoms with Gasteiger partial charge in [0.05, 0.1) is 18.7 Å². The van der Waals surface area contributed by atoms with Gasteiger partial charge in [-0.1, -0.05) is 26.7 Å². The zero-order valence-electron chi connectivity index (χ0n) is 15.3. The molecule has 0 spiro atoms. The Labute approximate surface area is 136 Å². The zero-order chi connectivity index (χ0) is 17.3. The van der Waals surface area contributed by atoms with Gasteiger partial charge in [0, 0.05) is 6.42 Å². The summed E-state index contributed by atoms with van der Waals surface area (Å²) in [6, 6.07) is -0.246. The molecule has 0 aromatic rings. The van der Waals surface area contributed by atoms with Gasteiger partial charge < -0.3 is 9.16 Å². The van der Waals surface area contributed by atoms with Crippen molar-refractivity contribution in [2.75, 3.05) is 6.54 Å². The summed E-state index contributed by atoms with van der Waals surface area (Å²) in [5, 5.41) is 0.137. The van der Waals surface area contributed by atoms with Crippen LogP contribution in [0.4, 0.5) is 4.79 Å². The lowest BCUT2D eigenvalue weighted by molar-refractivity contribution is 0.0242. The molecule has 1 amide bonds. The van der Waals surface area contributed by atoms with Gasteiger partial charge in [-0.15, -0.1) is 6.42 Å². The van der Waals surface area contributed by atoms with Crippen LogP contribution in [0.2, 0.25) is 18.1 Å². The number of amides is 1. The second kappa shape index (κ2) is 6.25. The number of hydrogen-bond donors (Lipinski definition) is 0. The molecular weight excluding hydrogens is 294 g/mol. The number of nitrogens with zero attached hydrogens (tertiary/aromatic N) is 1. The van der Waals surface area contributed by atoms with Gasteiger partial charge in [0.1, 0.15) is 5.60 Å². The highest BCUT2D eigenvalue weighted by Crippen LogP contribution is 2.39. The fraction of sp³-hybridized carbons (Fsp3) is 0.824. The maximum absolute atomic E-state index is 12.3. The normalized spacial score (nSPS) is 23.3. The molecule has 0 unspecified atom stereocenters. The van der Waals surface area contributed by atoms with Gasteiger partial charge in [-0.25, -0.2) is 4.79 Å². The Kier molecular flexibility index (Phi) is 5.41. The van der Waals surface area contributed by atoms with E-state index in [1.54, 1.807) is 4.90 Å². The van der Waals surface area contributed by atoms with Crippen molar-refractivity contribution in [1.29, 1.82) is 0 Å². The highest BCUT2D eigenvalue weighted by atomic mass is 28.4. The van der Waals surface area contributed by atoms with Crippen LogP contribution in [0.25, 0.3) is 0 Å². The molecule has 1 fully saturated rings. The summed E-state index contributed by atoms with van der Waals surface area (Å²) >= 11 is 0. The fourth-order valence-corrected chi connectivity index (χ4v) is 3.51. The molecule has 1 aliphatic heterocycles. The number of carbonyl (C=O) groups is 1. The quantitative estimate of drug-likeness (QED) is 0.568. The SMILES string of the molecule is C#C[C@H]1C[C@H](O[Si](C)(C)C(C)(C)C)CN1C(=O)OC(C)(C)C. The second-order valence-corrected chi connectivity index (χ2v) is 13.3. The topological polar surface area (TPSA) is 38.8 Å². The highest BCUT2D eigenvalue weighted by Gasteiger charge is 2.44. The molecule has 0 bridgehead atoms. The van der Waals surface area contributed by atoms with Crippen LogP contribution in [-0.2, 0) is 9.16 Å². The third-order valence-corrected chi connectivity index (χ3v) is 8.89. The Balaban J connectivity index is 2.78. The van der Waals surface area contributed by atoms with Crippen LogP contribution < -0.4 is 0 Å². The van der Waals surface area contributed by atoms with Crippen LogP contribution in [0.3, 0.4) is 0 Å². The molecule has 0 aliphatic carbocycles. The van der Waals surface area contributed by atoms with Gasteiger partial charge >= 0.3 is 6.09 Å². The first-order chi connectivity index (χ1) is 9.77. The van der Waals surface area contributed by atoms with Crippen LogP contribution in [0, 0.1) is 12.3 Å². The average molecular weight is 326 g/mol. The van der Waals surface area contributed by atoms with E-state index in [4.69, 9.17) is 15.6 Å². The smallest absolute Gasteiger partial charge is 0.411 e. The fourth-order valence-electron chi connectivity index (χ4n) is 2.16. The molecule has 0 aromatic heterocycles. The van der Waals surface area contributed by atoms with Crippen molar-refractivity contribution in [2.24, 2.45) is 0 Å². The molecule has 1 aliphatic rings. The van der Waals surface area contributed by atoms with Crippen molar-refractivity contribution >= 4 is 14.4 Å². The molecule has 0 radical (unpaired) electrons. The molecule has 5 heteroatoms. The lowest BCUT2D eigenvalue weighted by Crippen LogP contribution is -2.45.